The van der Waals surface area contributed by atoms with Gasteiger partial charge in [-0.15, -0.1) is 11.3 Å². The number of thiazole rings is 1. The lowest BCUT2D eigenvalue weighted by Crippen LogP contribution is -2.03. The Morgan fingerprint density at radius 3 is 2.19 bits per heavy atom. The molecule has 0 saturated carbocycles. The monoisotopic (exact) mass is 392 g/mol. The van der Waals surface area contributed by atoms with Gasteiger partial charge in [-0.25, -0.2) is 4.98 Å². The van der Waals surface area contributed by atoms with Gasteiger partial charge in [-0.3, -0.25) is 0 Å². The number of benzene rings is 2. The summed E-state index contributed by atoms with van der Waals surface area (Å²) in [5.74, 6) is 0.291. The minimum absolute atomic E-state index is 0.291. The summed E-state index contributed by atoms with van der Waals surface area (Å²) in [7, 11) is 0. The molecule has 0 aliphatic heterocycles. The molecule has 2 N–H and O–H groups in total. The van der Waals surface area contributed by atoms with Gasteiger partial charge in [0, 0.05) is 16.1 Å². The molecule has 0 fully saturated rings. The van der Waals surface area contributed by atoms with E-state index in [4.69, 9.17) is 0 Å². The van der Waals surface area contributed by atoms with Crippen molar-refractivity contribution >= 4 is 17.0 Å². The highest BCUT2D eigenvalue weighted by molar-refractivity contribution is 7.15. The summed E-state index contributed by atoms with van der Waals surface area (Å²) < 4.78 is 38.1. The number of phenolic OH excluding ortho intramolecular Hbond substituents is 1. The molecule has 0 aliphatic rings. The average Bonchev–Trinajstić information content (AvgIpc) is 2.98. The van der Waals surface area contributed by atoms with Gasteiger partial charge < -0.3 is 10.4 Å². The van der Waals surface area contributed by atoms with Crippen molar-refractivity contribution in [1.29, 1.82) is 0 Å². The lowest BCUT2D eigenvalue weighted by atomic mass is 10.1. The number of phenols is 1. The zero-order chi connectivity index (χ0) is 19.8. The summed E-state index contributed by atoms with van der Waals surface area (Å²) in [6, 6.07) is 8.79. The predicted molar refractivity (Wildman–Crippen MR) is 102 cm³/mol. The van der Waals surface area contributed by atoms with Crippen LogP contribution in [0, 0.1) is 20.8 Å². The molecule has 0 saturated heterocycles. The number of aryl methyl sites for hydroxylation is 3. The van der Waals surface area contributed by atoms with Gasteiger partial charge in [-0.2, -0.15) is 13.2 Å². The minimum Gasteiger partial charge on any atom is -0.507 e. The second-order valence-electron chi connectivity index (χ2n) is 6.41. The fourth-order valence-corrected chi connectivity index (χ4v) is 3.77. The largest absolute Gasteiger partial charge is 0.507 e. The third-order valence-electron chi connectivity index (χ3n) is 4.30. The summed E-state index contributed by atoms with van der Waals surface area (Å²) >= 11 is 1.45. The molecule has 0 amide bonds. The Hall–Kier alpha value is -2.54. The van der Waals surface area contributed by atoms with Gasteiger partial charge in [-0.05, 0) is 56.2 Å². The number of aromatic hydroxyl groups is 1. The van der Waals surface area contributed by atoms with E-state index in [1.165, 1.54) is 23.5 Å². The molecule has 0 bridgehead atoms. The summed E-state index contributed by atoms with van der Waals surface area (Å²) in [6.45, 7) is 6.12. The molecular weight excluding hydrogens is 373 g/mol. The zero-order valence-electron chi connectivity index (χ0n) is 15.1. The molecule has 3 aromatic rings. The summed E-state index contributed by atoms with van der Waals surface area (Å²) in [6.07, 6.45) is -4.34. The van der Waals surface area contributed by atoms with Crippen LogP contribution in [0.4, 0.5) is 18.9 Å². The standard InChI is InChI=1S/C20H19F3N2OS/c1-11-8-16(9-12(2)18(11)26)24-10-17-13(3)25-19(27-17)14-4-6-15(7-5-14)20(21,22)23/h4-9,24,26H,10H2,1-3H3. The molecule has 1 heterocycles. The van der Waals surface area contributed by atoms with Gasteiger partial charge >= 0.3 is 6.18 Å². The first-order chi connectivity index (χ1) is 12.6. The maximum absolute atomic E-state index is 12.7. The highest BCUT2D eigenvalue weighted by Gasteiger charge is 2.30. The number of hydrogen-bond acceptors (Lipinski definition) is 4. The molecule has 0 spiro atoms. The van der Waals surface area contributed by atoms with Gasteiger partial charge in [0.2, 0.25) is 0 Å². The first-order valence-corrected chi connectivity index (χ1v) is 9.15. The van der Waals surface area contributed by atoms with Gasteiger partial charge in [-0.1, -0.05) is 12.1 Å². The van der Waals surface area contributed by atoms with E-state index in [9.17, 15) is 18.3 Å². The van der Waals surface area contributed by atoms with E-state index in [0.717, 1.165) is 39.5 Å². The smallest absolute Gasteiger partial charge is 0.416 e. The molecule has 0 aliphatic carbocycles. The predicted octanol–water partition coefficient (Wildman–Crippen LogP) is 6.07. The highest BCUT2D eigenvalue weighted by atomic mass is 32.1. The molecule has 1 aromatic heterocycles. The quantitative estimate of drug-likeness (QED) is 0.530. The normalized spacial score (nSPS) is 11.6. The van der Waals surface area contributed by atoms with Gasteiger partial charge in [0.15, 0.2) is 0 Å². The Kier molecular flexibility index (Phi) is 5.15. The van der Waals surface area contributed by atoms with E-state index in [2.05, 4.69) is 10.3 Å². The lowest BCUT2D eigenvalue weighted by Gasteiger charge is -2.10. The van der Waals surface area contributed by atoms with Crippen molar-refractivity contribution in [3.05, 3.63) is 63.7 Å². The van der Waals surface area contributed by atoms with Crippen molar-refractivity contribution in [3.8, 4) is 16.3 Å². The van der Waals surface area contributed by atoms with E-state index in [1.54, 1.807) is 0 Å². The molecule has 7 heteroatoms. The number of anilines is 1. The Balaban J connectivity index is 1.77. The third-order valence-corrected chi connectivity index (χ3v) is 5.50. The minimum atomic E-state index is -4.34. The number of nitrogens with zero attached hydrogens (tertiary/aromatic N) is 1. The first kappa shape index (κ1) is 19.2. The Bertz CT molecular complexity index is 939. The number of aromatic nitrogens is 1. The Morgan fingerprint density at radius 2 is 1.63 bits per heavy atom. The molecule has 3 rings (SSSR count). The van der Waals surface area contributed by atoms with Crippen molar-refractivity contribution in [3.63, 3.8) is 0 Å². The second kappa shape index (κ2) is 7.23. The number of hydrogen-bond donors (Lipinski definition) is 2. The zero-order valence-corrected chi connectivity index (χ0v) is 15.9. The van der Waals surface area contributed by atoms with Crippen LogP contribution in [0.2, 0.25) is 0 Å². The second-order valence-corrected chi connectivity index (χ2v) is 7.50. The van der Waals surface area contributed by atoms with E-state index >= 15 is 0 Å². The summed E-state index contributed by atoms with van der Waals surface area (Å²) in [5, 5.41) is 13.9. The van der Waals surface area contributed by atoms with Crippen LogP contribution in [0.15, 0.2) is 36.4 Å². The van der Waals surface area contributed by atoms with Crippen LogP contribution in [-0.4, -0.2) is 10.1 Å². The highest BCUT2D eigenvalue weighted by Crippen LogP contribution is 2.33. The maximum Gasteiger partial charge on any atom is 0.416 e. The number of halogens is 3. The van der Waals surface area contributed by atoms with E-state index in [0.29, 0.717) is 22.9 Å². The average molecular weight is 392 g/mol. The topological polar surface area (TPSA) is 45.2 Å². The Morgan fingerprint density at radius 1 is 1.04 bits per heavy atom. The summed E-state index contributed by atoms with van der Waals surface area (Å²) in [5.41, 5.74) is 3.33. The molecule has 0 radical (unpaired) electrons. The number of nitrogens with one attached hydrogen (secondary N) is 1. The SMILES string of the molecule is Cc1cc(NCc2sc(-c3ccc(C(F)(F)F)cc3)nc2C)cc(C)c1O. The van der Waals surface area contributed by atoms with Crippen LogP contribution < -0.4 is 5.32 Å². The Labute approximate surface area is 159 Å². The molecule has 2 aromatic carbocycles. The van der Waals surface area contributed by atoms with Crippen LogP contribution in [0.25, 0.3) is 10.6 Å². The van der Waals surface area contributed by atoms with Crippen LogP contribution in [0.1, 0.15) is 27.3 Å². The van der Waals surface area contributed by atoms with Gasteiger partial charge in [0.05, 0.1) is 17.8 Å². The first-order valence-electron chi connectivity index (χ1n) is 8.33. The third kappa shape index (κ3) is 4.24. The summed E-state index contributed by atoms with van der Waals surface area (Å²) in [4.78, 5) is 5.50. The van der Waals surface area contributed by atoms with Crippen LogP contribution in [0.5, 0.6) is 5.75 Å². The molecule has 142 valence electrons. The fraction of sp³-hybridized carbons (Fsp3) is 0.250. The van der Waals surface area contributed by atoms with Crippen molar-refractivity contribution in [2.24, 2.45) is 0 Å². The number of alkyl halides is 3. The van der Waals surface area contributed by atoms with Gasteiger partial charge in [0.1, 0.15) is 10.8 Å². The number of rotatable bonds is 4. The van der Waals surface area contributed by atoms with Gasteiger partial charge in [0.25, 0.3) is 0 Å². The maximum atomic E-state index is 12.7. The molecule has 27 heavy (non-hydrogen) atoms. The van der Waals surface area contributed by atoms with E-state index in [-0.39, 0.29) is 0 Å². The van der Waals surface area contributed by atoms with Crippen LogP contribution in [-0.2, 0) is 12.7 Å². The van der Waals surface area contributed by atoms with Crippen molar-refractivity contribution < 1.29 is 18.3 Å². The molecule has 0 unspecified atom stereocenters. The van der Waals surface area contributed by atoms with Crippen molar-refractivity contribution in [1.82, 2.24) is 4.98 Å². The van der Waals surface area contributed by atoms with Crippen LogP contribution in [0.3, 0.4) is 0 Å². The van der Waals surface area contributed by atoms with E-state index < -0.39 is 11.7 Å². The van der Waals surface area contributed by atoms with Crippen molar-refractivity contribution in [2.75, 3.05) is 5.32 Å². The lowest BCUT2D eigenvalue weighted by molar-refractivity contribution is -0.137. The molecule has 3 nitrogen and oxygen atoms in total. The molecular formula is C20H19F3N2OS. The van der Waals surface area contributed by atoms with Crippen molar-refractivity contribution in [2.45, 2.75) is 33.5 Å². The fourth-order valence-electron chi connectivity index (χ4n) is 2.76. The van der Waals surface area contributed by atoms with E-state index in [1.807, 2.05) is 32.9 Å². The van der Waals surface area contributed by atoms with Crippen LogP contribution >= 0.6 is 11.3 Å². The molecule has 0 atom stereocenters.